The van der Waals surface area contributed by atoms with Gasteiger partial charge in [-0.3, -0.25) is 4.79 Å². The van der Waals surface area contributed by atoms with Crippen molar-refractivity contribution in [3.05, 3.63) is 0 Å². The van der Waals surface area contributed by atoms with E-state index in [2.05, 4.69) is 4.74 Å². The highest BCUT2D eigenvalue weighted by molar-refractivity contribution is 5.77. The van der Waals surface area contributed by atoms with Crippen molar-refractivity contribution in [1.29, 1.82) is 0 Å². The quantitative estimate of drug-likeness (QED) is 0.460. The van der Waals surface area contributed by atoms with Gasteiger partial charge in [0.1, 0.15) is 6.29 Å². The SMILES string of the molecule is COC(=O)[C@@H]1C[C@@H](O)C[C@H]1C=O. The van der Waals surface area contributed by atoms with E-state index in [0.29, 0.717) is 12.8 Å². The molecule has 1 saturated carbocycles. The molecule has 1 aliphatic carbocycles. The number of methoxy groups -OCH3 is 1. The van der Waals surface area contributed by atoms with Crippen LogP contribution in [0.4, 0.5) is 0 Å². The second-order valence-corrected chi connectivity index (χ2v) is 3.05. The monoisotopic (exact) mass is 172 g/mol. The summed E-state index contributed by atoms with van der Waals surface area (Å²) in [4.78, 5) is 21.5. The van der Waals surface area contributed by atoms with Crippen LogP contribution in [0.5, 0.6) is 0 Å². The Morgan fingerprint density at radius 1 is 1.58 bits per heavy atom. The van der Waals surface area contributed by atoms with Crippen molar-refractivity contribution in [3.8, 4) is 0 Å². The predicted molar refractivity (Wildman–Crippen MR) is 40.3 cm³/mol. The number of esters is 1. The largest absolute Gasteiger partial charge is 0.469 e. The van der Waals surface area contributed by atoms with E-state index in [-0.39, 0.29) is 5.92 Å². The summed E-state index contributed by atoms with van der Waals surface area (Å²) in [7, 11) is 1.29. The fourth-order valence-electron chi connectivity index (χ4n) is 1.62. The fourth-order valence-corrected chi connectivity index (χ4v) is 1.62. The van der Waals surface area contributed by atoms with Crippen molar-refractivity contribution < 1.29 is 19.4 Å². The first-order valence-electron chi connectivity index (χ1n) is 3.90. The number of aliphatic hydroxyl groups is 1. The first kappa shape index (κ1) is 9.19. The second kappa shape index (κ2) is 3.67. The lowest BCUT2D eigenvalue weighted by atomic mass is 9.98. The molecule has 1 fully saturated rings. The van der Waals surface area contributed by atoms with E-state index >= 15 is 0 Å². The van der Waals surface area contributed by atoms with Crippen molar-refractivity contribution in [2.24, 2.45) is 11.8 Å². The average molecular weight is 172 g/mol. The zero-order chi connectivity index (χ0) is 9.14. The Bertz CT molecular complexity index is 189. The van der Waals surface area contributed by atoms with Crippen LogP contribution < -0.4 is 0 Å². The summed E-state index contributed by atoms with van der Waals surface area (Å²) < 4.78 is 4.51. The van der Waals surface area contributed by atoms with E-state index in [1.54, 1.807) is 0 Å². The number of rotatable bonds is 2. The van der Waals surface area contributed by atoms with Gasteiger partial charge in [-0.05, 0) is 12.8 Å². The minimum atomic E-state index is -0.538. The summed E-state index contributed by atoms with van der Waals surface area (Å²) >= 11 is 0. The van der Waals surface area contributed by atoms with Gasteiger partial charge in [0.2, 0.25) is 0 Å². The van der Waals surface area contributed by atoms with Crippen LogP contribution in [0, 0.1) is 11.8 Å². The second-order valence-electron chi connectivity index (χ2n) is 3.05. The number of carbonyl (C=O) groups is 2. The van der Waals surface area contributed by atoms with Crippen LogP contribution in [-0.4, -0.2) is 30.6 Å². The minimum absolute atomic E-state index is 0.343. The molecule has 68 valence electrons. The molecule has 0 amide bonds. The van der Waals surface area contributed by atoms with Crippen LogP contribution in [-0.2, 0) is 14.3 Å². The Hall–Kier alpha value is -0.900. The molecule has 0 spiro atoms. The molecule has 4 nitrogen and oxygen atoms in total. The van der Waals surface area contributed by atoms with Gasteiger partial charge in [0, 0.05) is 5.92 Å². The van der Waals surface area contributed by atoms with E-state index in [4.69, 9.17) is 0 Å². The number of ether oxygens (including phenoxy) is 1. The van der Waals surface area contributed by atoms with Crippen molar-refractivity contribution >= 4 is 12.3 Å². The lowest BCUT2D eigenvalue weighted by Crippen LogP contribution is -2.21. The summed E-state index contributed by atoms with van der Waals surface area (Å²) in [6, 6.07) is 0. The number of aldehydes is 1. The molecule has 1 rings (SSSR count). The highest BCUT2D eigenvalue weighted by Crippen LogP contribution is 2.31. The van der Waals surface area contributed by atoms with E-state index in [0.717, 1.165) is 6.29 Å². The van der Waals surface area contributed by atoms with Gasteiger partial charge in [-0.2, -0.15) is 0 Å². The van der Waals surface area contributed by atoms with Gasteiger partial charge in [-0.25, -0.2) is 0 Å². The Morgan fingerprint density at radius 3 is 2.75 bits per heavy atom. The molecule has 4 heteroatoms. The Labute approximate surface area is 70.5 Å². The third-order valence-electron chi connectivity index (χ3n) is 2.27. The third kappa shape index (κ3) is 1.64. The lowest BCUT2D eigenvalue weighted by molar-refractivity contribution is -0.147. The highest BCUT2D eigenvalue weighted by Gasteiger charge is 2.38. The maximum atomic E-state index is 11.0. The highest BCUT2D eigenvalue weighted by atomic mass is 16.5. The van der Waals surface area contributed by atoms with Crippen molar-refractivity contribution in [2.45, 2.75) is 18.9 Å². The summed E-state index contributed by atoms with van der Waals surface area (Å²) in [5.41, 5.74) is 0. The Balaban J connectivity index is 2.63. The van der Waals surface area contributed by atoms with Gasteiger partial charge >= 0.3 is 5.97 Å². The maximum absolute atomic E-state index is 11.0. The molecule has 0 aliphatic heterocycles. The number of carbonyl (C=O) groups excluding carboxylic acids is 2. The fraction of sp³-hybridized carbons (Fsp3) is 0.750. The standard InChI is InChI=1S/C8H12O4/c1-12-8(11)7-3-6(10)2-5(7)4-9/h4-7,10H,2-3H2,1H3/t5-,6-,7+/m0/s1. The summed E-state index contributed by atoms with van der Waals surface area (Å²) in [6.45, 7) is 0. The molecule has 0 unspecified atom stereocenters. The molecule has 12 heavy (non-hydrogen) atoms. The molecular formula is C8H12O4. The van der Waals surface area contributed by atoms with Crippen LogP contribution in [0.25, 0.3) is 0 Å². The average Bonchev–Trinajstić information content (AvgIpc) is 2.45. The molecule has 3 atom stereocenters. The smallest absolute Gasteiger partial charge is 0.309 e. The summed E-state index contributed by atoms with van der Waals surface area (Å²) in [5, 5.41) is 9.18. The first-order chi connectivity index (χ1) is 5.69. The molecule has 0 radical (unpaired) electrons. The van der Waals surface area contributed by atoms with Gasteiger partial charge < -0.3 is 14.6 Å². The van der Waals surface area contributed by atoms with Crippen molar-refractivity contribution in [2.75, 3.05) is 7.11 Å². The van der Waals surface area contributed by atoms with E-state index in [9.17, 15) is 14.7 Å². The van der Waals surface area contributed by atoms with Crippen LogP contribution in [0.2, 0.25) is 0 Å². The van der Waals surface area contributed by atoms with Crippen LogP contribution in [0.15, 0.2) is 0 Å². The third-order valence-corrected chi connectivity index (χ3v) is 2.27. The molecule has 0 bridgehead atoms. The molecule has 0 aromatic carbocycles. The zero-order valence-corrected chi connectivity index (χ0v) is 6.90. The van der Waals surface area contributed by atoms with Gasteiger partial charge in [-0.15, -0.1) is 0 Å². The van der Waals surface area contributed by atoms with Crippen molar-refractivity contribution in [1.82, 2.24) is 0 Å². The molecule has 1 N–H and O–H groups in total. The molecule has 0 saturated heterocycles. The van der Waals surface area contributed by atoms with Gasteiger partial charge in [0.15, 0.2) is 0 Å². The Kier molecular flexibility index (Phi) is 2.81. The lowest BCUT2D eigenvalue weighted by Gasteiger charge is -2.09. The number of aliphatic hydroxyl groups excluding tert-OH is 1. The van der Waals surface area contributed by atoms with E-state index in [1.165, 1.54) is 7.11 Å². The molecule has 0 heterocycles. The summed E-state index contributed by atoms with van der Waals surface area (Å²) in [6.07, 6.45) is 0.904. The van der Waals surface area contributed by atoms with Gasteiger partial charge in [0.05, 0.1) is 19.1 Å². The molecule has 0 aromatic heterocycles. The number of hydrogen-bond donors (Lipinski definition) is 1. The topological polar surface area (TPSA) is 63.6 Å². The normalized spacial score (nSPS) is 34.7. The van der Waals surface area contributed by atoms with E-state index < -0.39 is 18.0 Å². The number of hydrogen-bond acceptors (Lipinski definition) is 4. The van der Waals surface area contributed by atoms with E-state index in [1.807, 2.05) is 0 Å². The predicted octanol–water partition coefficient (Wildman–Crippen LogP) is -0.255. The minimum Gasteiger partial charge on any atom is -0.469 e. The van der Waals surface area contributed by atoms with Crippen LogP contribution in [0.3, 0.4) is 0 Å². The van der Waals surface area contributed by atoms with Crippen LogP contribution >= 0.6 is 0 Å². The molecule has 1 aliphatic rings. The summed E-state index contributed by atoms with van der Waals surface area (Å²) in [5.74, 6) is -1.21. The van der Waals surface area contributed by atoms with Crippen LogP contribution in [0.1, 0.15) is 12.8 Å². The Morgan fingerprint density at radius 2 is 2.25 bits per heavy atom. The zero-order valence-electron chi connectivity index (χ0n) is 6.90. The molecule has 0 aromatic rings. The van der Waals surface area contributed by atoms with Gasteiger partial charge in [-0.1, -0.05) is 0 Å². The maximum Gasteiger partial charge on any atom is 0.309 e. The van der Waals surface area contributed by atoms with Gasteiger partial charge in [0.25, 0.3) is 0 Å². The first-order valence-corrected chi connectivity index (χ1v) is 3.90. The van der Waals surface area contributed by atoms with Crippen molar-refractivity contribution in [3.63, 3.8) is 0 Å². The molecular weight excluding hydrogens is 160 g/mol.